The van der Waals surface area contributed by atoms with Crippen LogP contribution in [0.4, 0.5) is 0 Å². The van der Waals surface area contributed by atoms with Crippen LogP contribution in [-0.2, 0) is 31.6 Å². The summed E-state index contributed by atoms with van der Waals surface area (Å²) in [5.74, 6) is 0. The number of hydrogen-bond donors (Lipinski definition) is 7. The Bertz CT molecular complexity index is 1010. The molecule has 29 heavy (non-hydrogen) atoms. The Morgan fingerprint density at radius 1 is 1.17 bits per heavy atom. The molecule has 1 fully saturated rings. The summed E-state index contributed by atoms with van der Waals surface area (Å²) < 4.78 is 51.0. The summed E-state index contributed by atoms with van der Waals surface area (Å²) in [6, 6.07) is 1.05. The van der Waals surface area contributed by atoms with Gasteiger partial charge in [0, 0.05) is 18.7 Å². The number of nitrogens with one attached hydrogen (secondary N) is 1. The molecule has 0 aromatic carbocycles. The zero-order valence-corrected chi connectivity index (χ0v) is 16.7. The highest BCUT2D eigenvalue weighted by Crippen LogP contribution is 2.66. The molecule has 1 aromatic heterocycles. The van der Waals surface area contributed by atoms with Gasteiger partial charge in [-0.15, -0.1) is 4.73 Å². The molecule has 0 aliphatic carbocycles. The maximum absolute atomic E-state index is 11.9. The van der Waals surface area contributed by atoms with Crippen LogP contribution >= 0.6 is 23.5 Å². The molecule has 0 radical (unpaired) electrons. The SMILES string of the molecule is N=c1ccn([C@H]2C[C@H](O)[C@@H](COP(=O)(O)OP(=O)(O)OP(=O)(O)O)O2)c(=O)n1O. The molecule has 7 N–H and O–H groups in total. The predicted molar refractivity (Wildman–Crippen MR) is 86.1 cm³/mol. The molecule has 2 unspecified atom stereocenters. The van der Waals surface area contributed by atoms with Crippen molar-refractivity contribution < 1.29 is 61.5 Å². The molecule has 0 bridgehead atoms. The zero-order chi connectivity index (χ0) is 22.2. The molecule has 0 amide bonds. The number of phosphoric acid groups is 3. The third-order valence-corrected chi connectivity index (χ3v) is 7.16. The van der Waals surface area contributed by atoms with Gasteiger partial charge in [0.25, 0.3) is 0 Å². The summed E-state index contributed by atoms with van der Waals surface area (Å²) in [5, 5.41) is 26.7. The highest BCUT2D eigenvalue weighted by atomic mass is 31.3. The molecule has 1 aromatic rings. The monoisotopic (exact) mass is 483 g/mol. The maximum Gasteiger partial charge on any atom is 0.490 e. The summed E-state index contributed by atoms with van der Waals surface area (Å²) in [5.41, 5.74) is -1.59. The standard InChI is InChI=1S/C9H16N3O14P3/c10-7-1-2-11(9(14)12(7)15)8-3-5(13)6(24-8)4-23-28(19,20)26-29(21,22)25-27(16,17)18/h1-2,5-6,8,10,13,15H,3-4H2,(H,19,20)(H,21,22)(H2,16,17,18)/t5-,6+,8+/m0/s1. The lowest BCUT2D eigenvalue weighted by Gasteiger charge is -2.19. The molecule has 1 saturated heterocycles. The number of aliphatic hydroxyl groups is 1. The third kappa shape index (κ3) is 6.65. The molecule has 20 heteroatoms. The van der Waals surface area contributed by atoms with E-state index in [1.54, 1.807) is 0 Å². The van der Waals surface area contributed by atoms with E-state index in [-0.39, 0.29) is 11.2 Å². The van der Waals surface area contributed by atoms with Gasteiger partial charge in [0.1, 0.15) is 12.3 Å². The van der Waals surface area contributed by atoms with Gasteiger partial charge in [-0.1, -0.05) is 0 Å². The first-order valence-electron chi connectivity index (χ1n) is 7.30. The van der Waals surface area contributed by atoms with Crippen LogP contribution in [0.5, 0.6) is 0 Å². The van der Waals surface area contributed by atoms with Crippen LogP contribution in [-0.4, -0.2) is 58.0 Å². The van der Waals surface area contributed by atoms with E-state index < -0.39 is 59.7 Å². The summed E-state index contributed by atoms with van der Waals surface area (Å²) in [6.07, 6.45) is -3.01. The molecule has 17 nitrogen and oxygen atoms in total. The number of ether oxygens (including phenoxy) is 1. The third-order valence-electron chi connectivity index (χ3n) is 3.36. The normalized spacial score (nSPS) is 26.7. The zero-order valence-electron chi connectivity index (χ0n) is 14.0. The van der Waals surface area contributed by atoms with E-state index in [2.05, 4.69) is 13.1 Å². The van der Waals surface area contributed by atoms with Gasteiger partial charge >= 0.3 is 29.2 Å². The Balaban J connectivity index is 2.03. The lowest BCUT2D eigenvalue weighted by Crippen LogP contribution is -2.39. The van der Waals surface area contributed by atoms with Crippen LogP contribution in [0.15, 0.2) is 17.1 Å². The van der Waals surface area contributed by atoms with Gasteiger partial charge in [-0.3, -0.25) is 14.5 Å². The molecule has 166 valence electrons. The predicted octanol–water partition coefficient (Wildman–Crippen LogP) is -1.64. The van der Waals surface area contributed by atoms with Gasteiger partial charge in [0.2, 0.25) is 0 Å². The first-order valence-corrected chi connectivity index (χ1v) is 11.8. The quantitative estimate of drug-likeness (QED) is 0.162. The van der Waals surface area contributed by atoms with Crippen LogP contribution in [0, 0.1) is 5.41 Å². The maximum atomic E-state index is 11.9. The van der Waals surface area contributed by atoms with Crippen LogP contribution in [0.25, 0.3) is 0 Å². The summed E-state index contributed by atoms with van der Waals surface area (Å²) in [7, 11) is -16.6. The van der Waals surface area contributed by atoms with E-state index in [0.29, 0.717) is 0 Å². The Kier molecular flexibility index (Phi) is 7.07. The lowest BCUT2D eigenvalue weighted by atomic mass is 10.2. The second kappa shape index (κ2) is 8.51. The molecule has 5 atom stereocenters. The molecular weight excluding hydrogens is 467 g/mol. The van der Waals surface area contributed by atoms with Gasteiger partial charge in [-0.05, 0) is 0 Å². The highest BCUT2D eigenvalue weighted by Gasteiger charge is 2.42. The molecule has 2 heterocycles. The Labute approximate surface area is 160 Å². The number of aromatic nitrogens is 2. The van der Waals surface area contributed by atoms with Crippen molar-refractivity contribution in [3.63, 3.8) is 0 Å². The Hall–Kier alpha value is -1.19. The van der Waals surface area contributed by atoms with Crippen LogP contribution in [0.2, 0.25) is 0 Å². The number of rotatable bonds is 8. The molecule has 0 saturated carbocycles. The van der Waals surface area contributed by atoms with E-state index in [0.717, 1.165) is 16.8 Å². The van der Waals surface area contributed by atoms with Crippen molar-refractivity contribution in [2.45, 2.75) is 24.9 Å². The summed E-state index contributed by atoms with van der Waals surface area (Å²) in [6.45, 7) is -0.911. The fraction of sp³-hybridized carbons (Fsp3) is 0.556. The average molecular weight is 483 g/mol. The van der Waals surface area contributed by atoms with Crippen LogP contribution < -0.4 is 11.2 Å². The van der Waals surface area contributed by atoms with Gasteiger partial charge in [-0.2, -0.15) is 8.62 Å². The minimum atomic E-state index is -5.69. The van der Waals surface area contributed by atoms with Gasteiger partial charge in [0.15, 0.2) is 5.49 Å². The van der Waals surface area contributed by atoms with Gasteiger partial charge in [0.05, 0.1) is 12.7 Å². The van der Waals surface area contributed by atoms with E-state index in [4.69, 9.17) is 24.8 Å². The van der Waals surface area contributed by atoms with Crippen molar-refractivity contribution in [1.82, 2.24) is 9.30 Å². The van der Waals surface area contributed by atoms with Crippen molar-refractivity contribution in [3.8, 4) is 0 Å². The second-order valence-electron chi connectivity index (χ2n) is 5.52. The second-order valence-corrected chi connectivity index (χ2v) is 9.94. The largest absolute Gasteiger partial charge is 0.490 e. The van der Waals surface area contributed by atoms with Crippen molar-refractivity contribution in [2.24, 2.45) is 0 Å². The topological polar surface area (TPSA) is 260 Å². The molecule has 2 rings (SSSR count). The summed E-state index contributed by atoms with van der Waals surface area (Å²) in [4.78, 5) is 47.2. The van der Waals surface area contributed by atoms with E-state index in [1.807, 2.05) is 0 Å². The minimum Gasteiger partial charge on any atom is -0.422 e. The summed E-state index contributed by atoms with van der Waals surface area (Å²) >= 11 is 0. The van der Waals surface area contributed by atoms with E-state index >= 15 is 0 Å². The van der Waals surface area contributed by atoms with E-state index in [1.165, 1.54) is 0 Å². The van der Waals surface area contributed by atoms with Crippen molar-refractivity contribution >= 4 is 23.5 Å². The van der Waals surface area contributed by atoms with Crippen molar-refractivity contribution in [3.05, 3.63) is 28.2 Å². The van der Waals surface area contributed by atoms with Crippen LogP contribution in [0.3, 0.4) is 0 Å². The number of aliphatic hydroxyl groups excluding tert-OH is 1. The van der Waals surface area contributed by atoms with Crippen molar-refractivity contribution in [1.29, 1.82) is 5.41 Å². The van der Waals surface area contributed by atoms with Gasteiger partial charge < -0.3 is 34.6 Å². The van der Waals surface area contributed by atoms with Crippen molar-refractivity contribution in [2.75, 3.05) is 6.61 Å². The highest BCUT2D eigenvalue weighted by molar-refractivity contribution is 7.66. The first-order chi connectivity index (χ1) is 13.1. The average Bonchev–Trinajstić information content (AvgIpc) is 2.88. The molecule has 1 aliphatic rings. The number of nitrogens with zero attached hydrogens (tertiary/aromatic N) is 2. The smallest absolute Gasteiger partial charge is 0.422 e. The number of phosphoric ester groups is 1. The molecule has 1 aliphatic heterocycles. The minimum absolute atomic E-state index is 0.00906. The molecule has 0 spiro atoms. The fourth-order valence-electron chi connectivity index (χ4n) is 2.22. The Morgan fingerprint density at radius 2 is 1.79 bits per heavy atom. The first kappa shape index (κ1) is 24.1. The number of hydrogen-bond acceptors (Lipinski definition) is 11. The van der Waals surface area contributed by atoms with Gasteiger partial charge in [-0.25, -0.2) is 18.5 Å². The fourth-order valence-corrected chi connectivity index (χ4v) is 5.25. The lowest BCUT2D eigenvalue weighted by molar-refractivity contribution is -0.0471. The van der Waals surface area contributed by atoms with E-state index in [9.17, 15) is 33.7 Å². The van der Waals surface area contributed by atoms with Crippen LogP contribution in [0.1, 0.15) is 12.6 Å². The molecular formula is C9H16N3O14P3. The Morgan fingerprint density at radius 3 is 2.38 bits per heavy atom.